The van der Waals surface area contributed by atoms with Gasteiger partial charge in [-0.3, -0.25) is 0 Å². The van der Waals surface area contributed by atoms with Crippen molar-refractivity contribution in [1.29, 1.82) is 0 Å². The van der Waals surface area contributed by atoms with Crippen LogP contribution >= 0.6 is 12.2 Å². The third kappa shape index (κ3) is 3.41. The van der Waals surface area contributed by atoms with E-state index in [1.807, 2.05) is 22.4 Å². The fourth-order valence-corrected chi connectivity index (χ4v) is 3.20. The predicted molar refractivity (Wildman–Crippen MR) is 85.8 cm³/mol. The lowest BCUT2D eigenvalue weighted by atomic mass is 10.1. The summed E-state index contributed by atoms with van der Waals surface area (Å²) in [5.74, 6) is 1.04. The minimum atomic E-state index is 0.832. The van der Waals surface area contributed by atoms with E-state index in [1.165, 1.54) is 37.9 Å². The summed E-state index contributed by atoms with van der Waals surface area (Å²) in [7, 11) is 2.02. The van der Waals surface area contributed by atoms with Crippen LogP contribution in [-0.2, 0) is 20.1 Å². The molecular formula is C16H23N4S+. The van der Waals surface area contributed by atoms with Gasteiger partial charge in [-0.05, 0) is 37.0 Å². The van der Waals surface area contributed by atoms with Gasteiger partial charge < -0.3 is 9.47 Å². The van der Waals surface area contributed by atoms with Gasteiger partial charge in [-0.2, -0.15) is 9.78 Å². The Morgan fingerprint density at radius 3 is 2.57 bits per heavy atom. The summed E-state index contributed by atoms with van der Waals surface area (Å²) in [6.07, 6.45) is 4.86. The van der Waals surface area contributed by atoms with E-state index in [1.54, 1.807) is 4.90 Å². The molecule has 0 saturated carbocycles. The van der Waals surface area contributed by atoms with Crippen molar-refractivity contribution >= 4 is 12.2 Å². The molecule has 1 fully saturated rings. The zero-order valence-electron chi connectivity index (χ0n) is 12.6. The molecule has 112 valence electrons. The van der Waals surface area contributed by atoms with Gasteiger partial charge in [0.2, 0.25) is 4.77 Å². The first kappa shape index (κ1) is 14.5. The van der Waals surface area contributed by atoms with Crippen molar-refractivity contribution in [2.45, 2.75) is 32.4 Å². The second kappa shape index (κ2) is 6.54. The highest BCUT2D eigenvalue weighted by atomic mass is 32.1. The van der Waals surface area contributed by atoms with Crippen LogP contribution in [0.1, 0.15) is 30.7 Å². The van der Waals surface area contributed by atoms with E-state index in [2.05, 4.69) is 24.3 Å². The number of quaternary nitrogens is 1. The SMILES string of the molecule is Cn1c(Cc2ccccc2)nn(C[NH+]2CCCCC2)c1=S. The number of aromatic nitrogens is 3. The summed E-state index contributed by atoms with van der Waals surface area (Å²) in [6, 6.07) is 10.5. The maximum atomic E-state index is 5.55. The van der Waals surface area contributed by atoms with Crippen molar-refractivity contribution in [2.75, 3.05) is 13.1 Å². The second-order valence-electron chi connectivity index (χ2n) is 5.89. The molecule has 2 heterocycles. The first-order valence-corrected chi connectivity index (χ1v) is 8.15. The molecule has 2 aromatic rings. The molecule has 0 spiro atoms. The highest BCUT2D eigenvalue weighted by Gasteiger charge is 2.16. The van der Waals surface area contributed by atoms with Crippen molar-refractivity contribution < 1.29 is 4.90 Å². The minimum absolute atomic E-state index is 0.832. The lowest BCUT2D eigenvalue weighted by molar-refractivity contribution is -0.928. The van der Waals surface area contributed by atoms with Gasteiger partial charge in [0.1, 0.15) is 5.82 Å². The second-order valence-corrected chi connectivity index (χ2v) is 6.25. The molecule has 0 bridgehead atoms. The van der Waals surface area contributed by atoms with Gasteiger partial charge >= 0.3 is 0 Å². The average molecular weight is 303 g/mol. The molecule has 5 heteroatoms. The van der Waals surface area contributed by atoms with Crippen LogP contribution in [-0.4, -0.2) is 27.4 Å². The number of benzene rings is 1. The molecule has 1 saturated heterocycles. The monoisotopic (exact) mass is 303 g/mol. The van der Waals surface area contributed by atoms with E-state index in [9.17, 15) is 0 Å². The summed E-state index contributed by atoms with van der Waals surface area (Å²) in [5, 5.41) is 4.75. The van der Waals surface area contributed by atoms with E-state index in [0.717, 1.165) is 23.7 Å². The van der Waals surface area contributed by atoms with Crippen LogP contribution in [0.4, 0.5) is 0 Å². The van der Waals surface area contributed by atoms with Crippen LogP contribution < -0.4 is 4.90 Å². The number of rotatable bonds is 4. The van der Waals surface area contributed by atoms with Gasteiger partial charge in [-0.25, -0.2) is 0 Å². The number of hydrogen-bond acceptors (Lipinski definition) is 2. The molecule has 1 aromatic carbocycles. The number of hydrogen-bond donors (Lipinski definition) is 1. The van der Waals surface area contributed by atoms with Crippen LogP contribution in [0.15, 0.2) is 30.3 Å². The fourth-order valence-electron chi connectivity index (χ4n) is 2.99. The highest BCUT2D eigenvalue weighted by molar-refractivity contribution is 7.71. The summed E-state index contributed by atoms with van der Waals surface area (Å²) >= 11 is 5.55. The third-order valence-corrected chi connectivity index (χ3v) is 4.75. The van der Waals surface area contributed by atoms with Gasteiger partial charge in [0, 0.05) is 13.5 Å². The standard InChI is InChI=1S/C16H22N4S/c1-18-15(12-14-8-4-2-5-9-14)17-20(16(18)21)13-19-10-6-3-7-11-19/h2,4-5,8-9H,3,6-7,10-13H2,1H3/p+1. The maximum Gasteiger partial charge on any atom is 0.202 e. The fraction of sp³-hybridized carbons (Fsp3) is 0.500. The number of nitrogens with one attached hydrogen (secondary N) is 1. The first-order valence-electron chi connectivity index (χ1n) is 7.74. The van der Waals surface area contributed by atoms with Gasteiger partial charge in [-0.15, -0.1) is 0 Å². The Labute approximate surface area is 131 Å². The number of likely N-dealkylation sites (tertiary alicyclic amines) is 1. The van der Waals surface area contributed by atoms with E-state index in [0.29, 0.717) is 0 Å². The first-order chi connectivity index (χ1) is 10.2. The summed E-state index contributed by atoms with van der Waals surface area (Å²) in [5.41, 5.74) is 1.28. The molecule has 0 amide bonds. The van der Waals surface area contributed by atoms with Crippen molar-refractivity contribution in [3.8, 4) is 0 Å². The van der Waals surface area contributed by atoms with Crippen molar-refractivity contribution in [3.05, 3.63) is 46.5 Å². The largest absolute Gasteiger partial charge is 0.316 e. The molecule has 1 N–H and O–H groups in total. The van der Waals surface area contributed by atoms with Crippen LogP contribution in [0.25, 0.3) is 0 Å². The molecule has 1 aromatic heterocycles. The van der Waals surface area contributed by atoms with Crippen molar-refractivity contribution in [1.82, 2.24) is 14.3 Å². The van der Waals surface area contributed by atoms with E-state index < -0.39 is 0 Å². The molecule has 3 rings (SSSR count). The Balaban J connectivity index is 1.77. The quantitative estimate of drug-likeness (QED) is 0.868. The minimum Gasteiger partial charge on any atom is -0.316 e. The van der Waals surface area contributed by atoms with E-state index >= 15 is 0 Å². The lowest BCUT2D eigenvalue weighted by Crippen LogP contribution is -3.12. The smallest absolute Gasteiger partial charge is 0.202 e. The zero-order valence-corrected chi connectivity index (χ0v) is 13.4. The Morgan fingerprint density at radius 1 is 1.14 bits per heavy atom. The molecular weight excluding hydrogens is 280 g/mol. The molecule has 0 aliphatic carbocycles. The molecule has 1 aliphatic rings. The van der Waals surface area contributed by atoms with E-state index in [4.69, 9.17) is 17.3 Å². The topological polar surface area (TPSA) is 27.2 Å². The van der Waals surface area contributed by atoms with Crippen molar-refractivity contribution in [3.63, 3.8) is 0 Å². The molecule has 1 aliphatic heterocycles. The van der Waals surface area contributed by atoms with Crippen molar-refractivity contribution in [2.24, 2.45) is 7.05 Å². The number of nitrogens with zero attached hydrogens (tertiary/aromatic N) is 3. The van der Waals surface area contributed by atoms with E-state index in [-0.39, 0.29) is 0 Å². The molecule has 4 nitrogen and oxygen atoms in total. The zero-order chi connectivity index (χ0) is 14.7. The maximum absolute atomic E-state index is 5.55. The van der Waals surface area contributed by atoms with Gasteiger partial charge in [0.15, 0.2) is 6.67 Å². The highest BCUT2D eigenvalue weighted by Crippen LogP contribution is 2.07. The van der Waals surface area contributed by atoms with Gasteiger partial charge in [-0.1, -0.05) is 30.3 Å². The average Bonchev–Trinajstić information content (AvgIpc) is 2.78. The normalized spacial score (nSPS) is 16.2. The summed E-state index contributed by atoms with van der Waals surface area (Å²) < 4.78 is 4.89. The number of piperidine rings is 1. The Hall–Kier alpha value is -1.46. The molecule has 0 atom stereocenters. The molecule has 0 unspecified atom stereocenters. The van der Waals surface area contributed by atoms with Crippen LogP contribution in [0.3, 0.4) is 0 Å². The Bertz CT molecular complexity index is 638. The summed E-state index contributed by atoms with van der Waals surface area (Å²) in [6.45, 7) is 3.39. The van der Waals surface area contributed by atoms with Crippen LogP contribution in [0.5, 0.6) is 0 Å². The predicted octanol–water partition coefficient (Wildman–Crippen LogP) is 1.57. The van der Waals surface area contributed by atoms with Gasteiger partial charge in [0.25, 0.3) is 0 Å². The van der Waals surface area contributed by atoms with Crippen LogP contribution in [0, 0.1) is 4.77 Å². The Kier molecular flexibility index (Phi) is 4.51. The Morgan fingerprint density at radius 2 is 1.86 bits per heavy atom. The van der Waals surface area contributed by atoms with Crippen LogP contribution in [0.2, 0.25) is 0 Å². The molecule has 21 heavy (non-hydrogen) atoms. The third-order valence-electron chi connectivity index (χ3n) is 4.27. The lowest BCUT2D eigenvalue weighted by Gasteiger charge is -2.22. The molecule has 0 radical (unpaired) electrons. The summed E-state index contributed by atoms with van der Waals surface area (Å²) in [4.78, 5) is 1.60. The van der Waals surface area contributed by atoms with Gasteiger partial charge in [0.05, 0.1) is 13.1 Å².